The first-order chi connectivity index (χ1) is 9.08. The Hall–Kier alpha value is -1.56. The lowest BCUT2D eigenvalue weighted by atomic mass is 10.3. The van der Waals surface area contributed by atoms with E-state index in [1.54, 1.807) is 29.6 Å². The molecule has 0 saturated heterocycles. The SMILES string of the molecule is CCCCS(=O)N(CC(=O)NC)c1cccc(N)c1. The average molecular weight is 283 g/mol. The summed E-state index contributed by atoms with van der Waals surface area (Å²) in [4.78, 5) is 11.5. The zero-order valence-corrected chi connectivity index (χ0v) is 12.2. The average Bonchev–Trinajstić information content (AvgIpc) is 2.41. The lowest BCUT2D eigenvalue weighted by Gasteiger charge is -2.22. The molecular formula is C13H21N3O2S. The number of unbranched alkanes of at least 4 members (excludes halogenated alkanes) is 1. The number of amides is 1. The van der Waals surface area contributed by atoms with E-state index >= 15 is 0 Å². The minimum Gasteiger partial charge on any atom is -0.399 e. The second-order valence-corrected chi connectivity index (χ2v) is 5.68. The van der Waals surface area contributed by atoms with Crippen molar-refractivity contribution in [1.29, 1.82) is 0 Å². The van der Waals surface area contributed by atoms with Crippen LogP contribution < -0.4 is 15.4 Å². The standard InChI is InChI=1S/C13H21N3O2S/c1-3-4-8-19(18)16(10-13(17)15-2)12-7-5-6-11(14)9-12/h5-7,9H,3-4,8,10,14H2,1-2H3,(H,15,17). The number of hydrogen-bond acceptors (Lipinski definition) is 3. The number of nitrogen functional groups attached to an aromatic ring is 1. The minimum atomic E-state index is -1.22. The monoisotopic (exact) mass is 283 g/mol. The van der Waals surface area contributed by atoms with Crippen molar-refractivity contribution in [3.05, 3.63) is 24.3 Å². The Morgan fingerprint density at radius 3 is 2.79 bits per heavy atom. The van der Waals surface area contributed by atoms with Crippen LogP contribution in [-0.2, 0) is 15.8 Å². The van der Waals surface area contributed by atoms with Crippen LogP contribution >= 0.6 is 0 Å². The topological polar surface area (TPSA) is 75.4 Å². The van der Waals surface area contributed by atoms with Crippen molar-refractivity contribution in [2.45, 2.75) is 19.8 Å². The van der Waals surface area contributed by atoms with Gasteiger partial charge in [-0.05, 0) is 24.6 Å². The first kappa shape index (κ1) is 15.5. The van der Waals surface area contributed by atoms with Crippen molar-refractivity contribution >= 4 is 28.3 Å². The highest BCUT2D eigenvalue weighted by Gasteiger charge is 2.17. The second kappa shape index (κ2) is 7.78. The summed E-state index contributed by atoms with van der Waals surface area (Å²) in [6.45, 7) is 2.11. The number of carbonyl (C=O) groups excluding carboxylic acids is 1. The van der Waals surface area contributed by atoms with Crippen LogP contribution in [0.4, 0.5) is 11.4 Å². The summed E-state index contributed by atoms with van der Waals surface area (Å²) >= 11 is 0. The molecule has 0 saturated carbocycles. The predicted octanol–water partition coefficient (Wildman–Crippen LogP) is 1.28. The van der Waals surface area contributed by atoms with Crippen LogP contribution in [0, 0.1) is 0 Å². The third-order valence-electron chi connectivity index (χ3n) is 2.64. The molecule has 0 heterocycles. The fourth-order valence-electron chi connectivity index (χ4n) is 1.55. The molecule has 5 nitrogen and oxygen atoms in total. The number of benzene rings is 1. The van der Waals surface area contributed by atoms with Crippen LogP contribution in [0.3, 0.4) is 0 Å². The van der Waals surface area contributed by atoms with Crippen molar-refractivity contribution in [2.75, 3.05) is 29.4 Å². The molecule has 1 aromatic rings. The minimum absolute atomic E-state index is 0.0658. The number of nitrogens with zero attached hydrogens (tertiary/aromatic N) is 1. The highest BCUT2D eigenvalue weighted by Crippen LogP contribution is 2.19. The van der Waals surface area contributed by atoms with Crippen molar-refractivity contribution in [3.63, 3.8) is 0 Å². The highest BCUT2D eigenvalue weighted by atomic mass is 32.2. The zero-order valence-electron chi connectivity index (χ0n) is 11.4. The van der Waals surface area contributed by atoms with Gasteiger partial charge in [0, 0.05) is 18.5 Å². The van der Waals surface area contributed by atoms with Crippen LogP contribution in [-0.4, -0.2) is 29.5 Å². The van der Waals surface area contributed by atoms with Gasteiger partial charge in [0.25, 0.3) is 0 Å². The Morgan fingerprint density at radius 2 is 2.21 bits per heavy atom. The lowest BCUT2D eigenvalue weighted by molar-refractivity contribution is -0.119. The highest BCUT2D eigenvalue weighted by molar-refractivity contribution is 7.86. The molecule has 0 radical (unpaired) electrons. The van der Waals surface area contributed by atoms with Crippen molar-refractivity contribution in [1.82, 2.24) is 5.32 Å². The molecule has 0 aliphatic carbocycles. The van der Waals surface area contributed by atoms with Crippen molar-refractivity contribution < 1.29 is 9.00 Å². The van der Waals surface area contributed by atoms with E-state index in [0.717, 1.165) is 12.8 Å². The van der Waals surface area contributed by atoms with Gasteiger partial charge in [0.1, 0.15) is 17.5 Å². The molecule has 0 fully saturated rings. The van der Waals surface area contributed by atoms with Gasteiger partial charge < -0.3 is 11.1 Å². The molecule has 19 heavy (non-hydrogen) atoms. The molecule has 106 valence electrons. The first-order valence-corrected chi connectivity index (χ1v) is 7.58. The summed E-state index contributed by atoms with van der Waals surface area (Å²) in [6.07, 6.45) is 1.83. The molecule has 0 aliphatic heterocycles. The van der Waals surface area contributed by atoms with Gasteiger partial charge in [-0.15, -0.1) is 0 Å². The van der Waals surface area contributed by atoms with Gasteiger partial charge in [-0.2, -0.15) is 0 Å². The van der Waals surface area contributed by atoms with Gasteiger partial charge >= 0.3 is 0 Å². The first-order valence-electron chi connectivity index (χ1n) is 6.30. The molecule has 0 spiro atoms. The molecule has 1 rings (SSSR count). The van der Waals surface area contributed by atoms with Crippen LogP contribution in [0.15, 0.2) is 24.3 Å². The van der Waals surface area contributed by atoms with Crippen LogP contribution in [0.1, 0.15) is 19.8 Å². The number of rotatable bonds is 7. The van der Waals surface area contributed by atoms with Crippen LogP contribution in [0.25, 0.3) is 0 Å². The Kier molecular flexibility index (Phi) is 6.35. The molecule has 1 amide bonds. The van der Waals surface area contributed by atoms with E-state index in [1.165, 1.54) is 0 Å². The van der Waals surface area contributed by atoms with Gasteiger partial charge in [0.05, 0.1) is 5.69 Å². The molecule has 1 atom stereocenters. The summed E-state index contributed by atoms with van der Waals surface area (Å²) in [5.74, 6) is 0.370. The van der Waals surface area contributed by atoms with E-state index in [-0.39, 0.29) is 12.5 Å². The third-order valence-corrected chi connectivity index (χ3v) is 4.11. The molecule has 0 aromatic heterocycles. The summed E-state index contributed by atoms with van der Waals surface area (Å²) < 4.78 is 13.9. The van der Waals surface area contributed by atoms with Gasteiger partial charge in [-0.25, -0.2) is 4.21 Å². The second-order valence-electron chi connectivity index (χ2n) is 4.18. The summed E-state index contributed by atoms with van der Waals surface area (Å²) in [5, 5.41) is 2.54. The number of nitrogens with one attached hydrogen (secondary N) is 1. The maximum atomic E-state index is 12.3. The Labute approximate surface area is 116 Å². The van der Waals surface area contributed by atoms with Crippen LogP contribution in [0.5, 0.6) is 0 Å². The van der Waals surface area contributed by atoms with Crippen molar-refractivity contribution in [2.24, 2.45) is 0 Å². The van der Waals surface area contributed by atoms with E-state index in [0.29, 0.717) is 17.1 Å². The van der Waals surface area contributed by atoms with Gasteiger partial charge in [0.15, 0.2) is 0 Å². The Bertz CT molecular complexity index is 451. The molecule has 6 heteroatoms. The van der Waals surface area contributed by atoms with Crippen LogP contribution in [0.2, 0.25) is 0 Å². The third kappa shape index (κ3) is 4.90. The summed E-state index contributed by atoms with van der Waals surface area (Å²) in [6, 6.07) is 7.09. The number of nitrogens with two attached hydrogens (primary N) is 1. The van der Waals surface area contributed by atoms with E-state index in [4.69, 9.17) is 5.73 Å². The van der Waals surface area contributed by atoms with Crippen molar-refractivity contribution in [3.8, 4) is 0 Å². The number of hydrogen-bond donors (Lipinski definition) is 2. The predicted molar refractivity (Wildman–Crippen MR) is 80.2 cm³/mol. The number of anilines is 2. The van der Waals surface area contributed by atoms with Gasteiger partial charge in [-0.1, -0.05) is 19.4 Å². The fourth-order valence-corrected chi connectivity index (χ4v) is 2.91. The smallest absolute Gasteiger partial charge is 0.240 e. The number of likely N-dealkylation sites (N-methyl/N-ethyl adjacent to an activating group) is 1. The molecule has 1 aromatic carbocycles. The summed E-state index contributed by atoms with van der Waals surface area (Å²) in [7, 11) is 0.342. The van der Waals surface area contributed by atoms with E-state index in [2.05, 4.69) is 5.32 Å². The summed E-state index contributed by atoms with van der Waals surface area (Å²) in [5.41, 5.74) is 7.03. The Balaban J connectivity index is 2.91. The fraction of sp³-hybridized carbons (Fsp3) is 0.462. The van der Waals surface area contributed by atoms with E-state index < -0.39 is 11.0 Å². The lowest BCUT2D eigenvalue weighted by Crippen LogP contribution is -2.37. The van der Waals surface area contributed by atoms with E-state index in [1.807, 2.05) is 13.0 Å². The molecule has 1 unspecified atom stereocenters. The quantitative estimate of drug-likeness (QED) is 0.740. The largest absolute Gasteiger partial charge is 0.399 e. The Morgan fingerprint density at radius 1 is 1.47 bits per heavy atom. The molecule has 3 N–H and O–H groups in total. The maximum Gasteiger partial charge on any atom is 0.240 e. The molecule has 0 aliphatic rings. The normalized spacial score (nSPS) is 11.9. The van der Waals surface area contributed by atoms with Gasteiger partial charge in [0.2, 0.25) is 5.91 Å². The van der Waals surface area contributed by atoms with E-state index in [9.17, 15) is 9.00 Å². The molecule has 0 bridgehead atoms. The van der Waals surface area contributed by atoms with Gasteiger partial charge in [-0.3, -0.25) is 9.10 Å². The zero-order chi connectivity index (χ0) is 14.3. The maximum absolute atomic E-state index is 12.3. The number of carbonyl (C=O) groups is 1. The molecular weight excluding hydrogens is 262 g/mol.